The highest BCUT2D eigenvalue weighted by molar-refractivity contribution is 9.10. The van der Waals surface area contributed by atoms with Gasteiger partial charge in [-0.05, 0) is 84.9 Å². The average molecular weight is 523 g/mol. The van der Waals surface area contributed by atoms with Gasteiger partial charge >= 0.3 is 0 Å². The maximum atomic E-state index is 13.2. The van der Waals surface area contributed by atoms with Crippen molar-refractivity contribution in [1.29, 1.82) is 0 Å². The van der Waals surface area contributed by atoms with Crippen molar-refractivity contribution in [3.8, 4) is 11.5 Å². The first-order chi connectivity index (χ1) is 16.0. The normalized spacial score (nSPS) is 14.8. The van der Waals surface area contributed by atoms with Crippen molar-refractivity contribution in [1.82, 2.24) is 4.90 Å². The van der Waals surface area contributed by atoms with Gasteiger partial charge in [0.2, 0.25) is 0 Å². The highest BCUT2D eigenvalue weighted by Crippen LogP contribution is 2.29. The molecule has 1 aliphatic rings. The molecule has 33 heavy (non-hydrogen) atoms. The number of benzene rings is 3. The Bertz CT molecular complexity index is 1180. The van der Waals surface area contributed by atoms with E-state index in [0.717, 1.165) is 27.1 Å². The summed E-state index contributed by atoms with van der Waals surface area (Å²) in [5, 5.41) is 0.435. The van der Waals surface area contributed by atoms with Gasteiger partial charge in [-0.3, -0.25) is 9.69 Å². The van der Waals surface area contributed by atoms with Crippen LogP contribution in [0.2, 0.25) is 0 Å². The maximum absolute atomic E-state index is 13.2. The molecule has 1 amide bonds. The molecule has 0 bridgehead atoms. The first kappa shape index (κ1) is 23.0. The molecular formula is C26H23BrN2O3S. The average Bonchev–Trinajstić information content (AvgIpc) is 3.03. The Labute approximate surface area is 207 Å². The van der Waals surface area contributed by atoms with Gasteiger partial charge in [-0.15, -0.1) is 0 Å². The number of ether oxygens (including phenoxy) is 2. The van der Waals surface area contributed by atoms with Crippen LogP contribution in [-0.4, -0.2) is 29.6 Å². The van der Waals surface area contributed by atoms with E-state index in [0.29, 0.717) is 29.7 Å². The molecule has 5 nitrogen and oxygen atoms in total. The number of anilines is 1. The predicted molar refractivity (Wildman–Crippen MR) is 138 cm³/mol. The lowest BCUT2D eigenvalue weighted by Gasteiger charge is -2.16. The van der Waals surface area contributed by atoms with Crippen molar-refractivity contribution in [2.45, 2.75) is 13.5 Å². The standard InChI is InChI=1S/C26H23BrN2O3S/c1-3-31-22-14-10-21(11-15-22)29-25(30)24(28(2)26(29)33)16-18-6-12-23(13-7-18)32-17-19-4-8-20(27)9-5-19/h4-16H,3,17H2,1-2H3/b24-16-. The second-order valence-corrected chi connectivity index (χ2v) is 8.70. The SMILES string of the molecule is CCOc1ccc(N2C(=O)/C(=C/c3ccc(OCc4ccc(Br)cc4)cc3)N(C)C2=S)cc1. The molecule has 0 spiro atoms. The third-order valence-corrected chi connectivity index (χ3v) is 6.16. The third-order valence-electron chi connectivity index (χ3n) is 5.17. The minimum absolute atomic E-state index is 0.165. The Kier molecular flexibility index (Phi) is 7.11. The second-order valence-electron chi connectivity index (χ2n) is 7.42. The van der Waals surface area contributed by atoms with Crippen LogP contribution in [0.1, 0.15) is 18.1 Å². The Morgan fingerprint density at radius 1 is 0.909 bits per heavy atom. The quantitative estimate of drug-likeness (QED) is 0.280. The van der Waals surface area contributed by atoms with Gasteiger partial charge in [0.15, 0.2) is 5.11 Å². The van der Waals surface area contributed by atoms with Gasteiger partial charge in [-0.25, -0.2) is 0 Å². The van der Waals surface area contributed by atoms with Crippen LogP contribution in [0.15, 0.2) is 83.0 Å². The maximum Gasteiger partial charge on any atom is 0.281 e. The fourth-order valence-corrected chi connectivity index (χ4v) is 3.96. The van der Waals surface area contributed by atoms with E-state index in [-0.39, 0.29) is 5.91 Å². The van der Waals surface area contributed by atoms with Gasteiger partial charge in [0.1, 0.15) is 23.8 Å². The first-order valence-electron chi connectivity index (χ1n) is 10.5. The number of hydrogen-bond acceptors (Lipinski definition) is 4. The molecule has 0 N–H and O–H groups in total. The van der Waals surface area contributed by atoms with Crippen LogP contribution in [-0.2, 0) is 11.4 Å². The second kappa shape index (κ2) is 10.2. The van der Waals surface area contributed by atoms with E-state index in [2.05, 4.69) is 15.9 Å². The zero-order valence-electron chi connectivity index (χ0n) is 18.3. The minimum atomic E-state index is -0.165. The number of nitrogens with zero attached hydrogens (tertiary/aromatic N) is 2. The van der Waals surface area contributed by atoms with Gasteiger partial charge in [0.25, 0.3) is 5.91 Å². The first-order valence-corrected chi connectivity index (χ1v) is 11.7. The monoisotopic (exact) mass is 522 g/mol. The van der Waals surface area contributed by atoms with Crippen molar-refractivity contribution in [2.75, 3.05) is 18.6 Å². The van der Waals surface area contributed by atoms with Crippen LogP contribution in [0, 0.1) is 0 Å². The zero-order valence-corrected chi connectivity index (χ0v) is 20.7. The number of carbonyl (C=O) groups is 1. The van der Waals surface area contributed by atoms with Crippen molar-refractivity contribution < 1.29 is 14.3 Å². The molecule has 0 aromatic heterocycles. The Balaban J connectivity index is 1.47. The van der Waals surface area contributed by atoms with Gasteiger partial charge in [0.05, 0.1) is 12.3 Å². The molecule has 7 heteroatoms. The van der Waals surface area contributed by atoms with Crippen LogP contribution in [0.4, 0.5) is 5.69 Å². The molecule has 1 aliphatic heterocycles. The molecule has 1 saturated heterocycles. The largest absolute Gasteiger partial charge is 0.494 e. The van der Waals surface area contributed by atoms with Gasteiger partial charge < -0.3 is 14.4 Å². The molecular weight excluding hydrogens is 500 g/mol. The number of hydrogen-bond donors (Lipinski definition) is 0. The van der Waals surface area contributed by atoms with Crippen molar-refractivity contribution in [3.05, 3.63) is 94.1 Å². The highest BCUT2D eigenvalue weighted by atomic mass is 79.9. The number of amides is 1. The minimum Gasteiger partial charge on any atom is -0.494 e. The summed E-state index contributed by atoms with van der Waals surface area (Å²) in [4.78, 5) is 16.4. The summed E-state index contributed by atoms with van der Waals surface area (Å²) in [6.07, 6.45) is 1.84. The number of likely N-dealkylation sites (N-methyl/N-ethyl adjacent to an activating group) is 1. The smallest absolute Gasteiger partial charge is 0.281 e. The Morgan fingerprint density at radius 2 is 1.52 bits per heavy atom. The lowest BCUT2D eigenvalue weighted by molar-refractivity contribution is -0.114. The van der Waals surface area contributed by atoms with Crippen LogP contribution >= 0.6 is 28.1 Å². The third kappa shape index (κ3) is 5.26. The van der Waals surface area contributed by atoms with E-state index in [9.17, 15) is 4.79 Å². The molecule has 0 aliphatic carbocycles. The Morgan fingerprint density at radius 3 is 2.15 bits per heavy atom. The lowest BCUT2D eigenvalue weighted by atomic mass is 10.1. The molecule has 0 radical (unpaired) electrons. The lowest BCUT2D eigenvalue weighted by Crippen LogP contribution is -2.31. The number of rotatable bonds is 7. The molecule has 4 rings (SSSR count). The van der Waals surface area contributed by atoms with E-state index < -0.39 is 0 Å². The van der Waals surface area contributed by atoms with Gasteiger partial charge in [0, 0.05) is 11.5 Å². The molecule has 1 fully saturated rings. The van der Waals surface area contributed by atoms with Crippen LogP contribution in [0.3, 0.4) is 0 Å². The summed E-state index contributed by atoms with van der Waals surface area (Å²) in [5.41, 5.74) is 3.20. The van der Waals surface area contributed by atoms with E-state index in [1.165, 1.54) is 4.90 Å². The highest BCUT2D eigenvalue weighted by Gasteiger charge is 2.36. The molecule has 1 heterocycles. The summed E-state index contributed by atoms with van der Waals surface area (Å²) in [6, 6.07) is 23.0. The number of carbonyl (C=O) groups excluding carboxylic acids is 1. The fourth-order valence-electron chi connectivity index (χ4n) is 3.41. The van der Waals surface area contributed by atoms with E-state index in [4.69, 9.17) is 21.7 Å². The summed E-state index contributed by atoms with van der Waals surface area (Å²) >= 11 is 8.98. The van der Waals surface area contributed by atoms with Gasteiger partial charge in [-0.2, -0.15) is 0 Å². The van der Waals surface area contributed by atoms with Crippen molar-refractivity contribution in [3.63, 3.8) is 0 Å². The Hall–Kier alpha value is -3.16. The van der Waals surface area contributed by atoms with Gasteiger partial charge in [-0.1, -0.05) is 40.2 Å². The van der Waals surface area contributed by atoms with E-state index in [1.54, 1.807) is 11.9 Å². The van der Waals surface area contributed by atoms with Crippen LogP contribution < -0.4 is 14.4 Å². The predicted octanol–water partition coefficient (Wildman–Crippen LogP) is 6.03. The molecule has 168 valence electrons. The summed E-state index contributed by atoms with van der Waals surface area (Å²) in [7, 11) is 1.80. The summed E-state index contributed by atoms with van der Waals surface area (Å²) in [6.45, 7) is 3.00. The summed E-state index contributed by atoms with van der Waals surface area (Å²) in [5.74, 6) is 1.35. The molecule has 0 atom stereocenters. The fraction of sp³-hybridized carbons (Fsp3) is 0.154. The van der Waals surface area contributed by atoms with Crippen molar-refractivity contribution >= 4 is 50.9 Å². The molecule has 0 saturated carbocycles. The number of halogens is 1. The van der Waals surface area contributed by atoms with E-state index in [1.807, 2.05) is 85.8 Å². The number of thiocarbonyl (C=S) groups is 1. The zero-order chi connectivity index (χ0) is 23.4. The molecule has 3 aromatic carbocycles. The van der Waals surface area contributed by atoms with Crippen molar-refractivity contribution in [2.24, 2.45) is 0 Å². The molecule has 3 aromatic rings. The van der Waals surface area contributed by atoms with Crippen LogP contribution in [0.5, 0.6) is 11.5 Å². The topological polar surface area (TPSA) is 42.0 Å². The summed E-state index contributed by atoms with van der Waals surface area (Å²) < 4.78 is 12.4. The van der Waals surface area contributed by atoms with E-state index >= 15 is 0 Å². The van der Waals surface area contributed by atoms with Crippen LogP contribution in [0.25, 0.3) is 6.08 Å². The molecule has 0 unspecified atom stereocenters.